The van der Waals surface area contributed by atoms with Gasteiger partial charge in [0.1, 0.15) is 16.2 Å². The van der Waals surface area contributed by atoms with Gasteiger partial charge >= 0.3 is 0 Å². The molecule has 3 aromatic heterocycles. The van der Waals surface area contributed by atoms with Gasteiger partial charge in [0.05, 0.1) is 23.7 Å². The fraction of sp³-hybridized carbons (Fsp3) is 0.100. The minimum Gasteiger partial charge on any atom is -0.354 e. The number of sulfonamides is 1. The number of anilines is 1. The Morgan fingerprint density at radius 3 is 2.50 bits per heavy atom. The number of rotatable bonds is 5. The Morgan fingerprint density at radius 1 is 1.06 bits per heavy atom. The third-order valence-corrected chi connectivity index (χ3v) is 6.34. The average Bonchev–Trinajstić information content (AvgIpc) is 3.23. The minimum absolute atomic E-state index is 0.0606. The monoisotopic (exact) mass is 494 g/mol. The van der Waals surface area contributed by atoms with Gasteiger partial charge < -0.3 is 5.32 Å². The third-order valence-electron chi connectivity index (χ3n) is 4.89. The van der Waals surface area contributed by atoms with Crippen LogP contribution in [-0.4, -0.2) is 41.5 Å². The number of aryl methyl sites for hydroxylation is 1. The second-order valence-corrected chi connectivity index (χ2v) is 8.64. The number of hydrogen-bond acceptors (Lipinski definition) is 6. The van der Waals surface area contributed by atoms with E-state index in [-0.39, 0.29) is 22.3 Å². The highest BCUT2D eigenvalue weighted by Crippen LogP contribution is 2.35. The Morgan fingerprint density at radius 2 is 1.79 bits per heavy atom. The van der Waals surface area contributed by atoms with Crippen LogP contribution in [0.3, 0.4) is 0 Å². The van der Waals surface area contributed by atoms with Crippen molar-refractivity contribution in [1.82, 2.24) is 25.5 Å². The van der Waals surface area contributed by atoms with Crippen LogP contribution in [0.2, 0.25) is 0 Å². The number of fused-ring (bicyclic) bond motifs is 1. The molecule has 3 N–H and O–H groups in total. The standard InChI is InChI=1S/C20H14F4N6O3S/c1-8-13(5-9(21)6-26-8)34(32,33)30-19-16(24)14(12(22)7-27-19)10-3-4-11-17(15(10)23)28-29-18(11)20(31)25-2/h3-7H,1-2H3,(H,25,31)(H,27,30)(H,28,29). The van der Waals surface area contributed by atoms with Crippen LogP contribution in [-0.2, 0) is 10.0 Å². The van der Waals surface area contributed by atoms with Crippen molar-refractivity contribution in [2.45, 2.75) is 11.8 Å². The van der Waals surface area contributed by atoms with Gasteiger partial charge in [-0.2, -0.15) is 5.10 Å². The molecule has 0 fully saturated rings. The molecular weight excluding hydrogens is 480 g/mol. The summed E-state index contributed by atoms with van der Waals surface area (Å²) >= 11 is 0. The van der Waals surface area contributed by atoms with Gasteiger partial charge in [0.25, 0.3) is 15.9 Å². The van der Waals surface area contributed by atoms with Gasteiger partial charge in [-0.25, -0.2) is 31.0 Å². The Bertz CT molecular complexity index is 1570. The highest BCUT2D eigenvalue weighted by atomic mass is 32.2. The zero-order valence-corrected chi connectivity index (χ0v) is 18.2. The van der Waals surface area contributed by atoms with E-state index in [1.165, 1.54) is 20.0 Å². The third kappa shape index (κ3) is 3.81. The van der Waals surface area contributed by atoms with E-state index < -0.39 is 61.0 Å². The van der Waals surface area contributed by atoms with Crippen LogP contribution in [0.5, 0.6) is 0 Å². The van der Waals surface area contributed by atoms with Crippen molar-refractivity contribution in [2.75, 3.05) is 11.8 Å². The second kappa shape index (κ2) is 8.37. The first-order valence-corrected chi connectivity index (χ1v) is 10.9. The number of hydrogen-bond donors (Lipinski definition) is 3. The van der Waals surface area contributed by atoms with Crippen molar-refractivity contribution in [2.24, 2.45) is 0 Å². The number of carbonyl (C=O) groups excluding carboxylic acids is 1. The minimum atomic E-state index is -4.59. The predicted molar refractivity (Wildman–Crippen MR) is 112 cm³/mol. The molecule has 4 rings (SSSR count). The van der Waals surface area contributed by atoms with Crippen LogP contribution >= 0.6 is 0 Å². The Hall–Kier alpha value is -4.07. The molecule has 0 bridgehead atoms. The molecule has 0 aliphatic rings. The maximum absolute atomic E-state index is 15.2. The molecule has 0 radical (unpaired) electrons. The summed E-state index contributed by atoms with van der Waals surface area (Å²) in [6, 6.07) is 2.91. The number of halogens is 4. The summed E-state index contributed by atoms with van der Waals surface area (Å²) in [6.45, 7) is 1.29. The van der Waals surface area contributed by atoms with Gasteiger partial charge in [-0.15, -0.1) is 0 Å². The maximum atomic E-state index is 15.2. The van der Waals surface area contributed by atoms with E-state index in [0.29, 0.717) is 12.3 Å². The van der Waals surface area contributed by atoms with Crippen molar-refractivity contribution in [3.63, 3.8) is 0 Å². The summed E-state index contributed by atoms with van der Waals surface area (Å²) in [5.41, 5.74) is -2.01. The van der Waals surface area contributed by atoms with Gasteiger partial charge in [-0.3, -0.25) is 19.6 Å². The summed E-state index contributed by atoms with van der Waals surface area (Å²) in [7, 11) is -3.24. The van der Waals surface area contributed by atoms with E-state index >= 15 is 8.78 Å². The molecule has 0 aliphatic heterocycles. The molecule has 0 aliphatic carbocycles. The molecule has 14 heteroatoms. The lowest BCUT2D eigenvalue weighted by molar-refractivity contribution is 0.0959. The molecule has 34 heavy (non-hydrogen) atoms. The van der Waals surface area contributed by atoms with Crippen LogP contribution in [0, 0.1) is 30.2 Å². The summed E-state index contributed by atoms with van der Waals surface area (Å²) in [5, 5.41) is 8.41. The van der Waals surface area contributed by atoms with Gasteiger partial charge in [0.15, 0.2) is 29.0 Å². The predicted octanol–water partition coefficient (Wildman–Crippen LogP) is 3.05. The first-order valence-electron chi connectivity index (χ1n) is 9.43. The molecule has 0 spiro atoms. The zero-order valence-electron chi connectivity index (χ0n) is 17.4. The molecule has 0 atom stereocenters. The van der Waals surface area contributed by atoms with E-state index in [1.54, 1.807) is 0 Å². The number of aromatic nitrogens is 4. The molecule has 176 valence electrons. The highest BCUT2D eigenvalue weighted by Gasteiger charge is 2.27. The van der Waals surface area contributed by atoms with Gasteiger partial charge in [0.2, 0.25) is 0 Å². The number of carbonyl (C=O) groups is 1. The second-order valence-electron chi connectivity index (χ2n) is 6.99. The maximum Gasteiger partial charge on any atom is 0.272 e. The van der Waals surface area contributed by atoms with Crippen LogP contribution < -0.4 is 10.0 Å². The van der Waals surface area contributed by atoms with E-state index in [4.69, 9.17) is 0 Å². The molecule has 9 nitrogen and oxygen atoms in total. The topological polar surface area (TPSA) is 130 Å². The van der Waals surface area contributed by atoms with E-state index in [9.17, 15) is 22.0 Å². The molecule has 0 saturated heterocycles. The quantitative estimate of drug-likeness (QED) is 0.366. The molecule has 1 amide bonds. The van der Waals surface area contributed by atoms with E-state index in [1.807, 2.05) is 4.72 Å². The first kappa shape index (κ1) is 23.1. The Balaban J connectivity index is 1.83. The number of H-pyrrole nitrogens is 1. The van der Waals surface area contributed by atoms with Crippen LogP contribution in [0.4, 0.5) is 23.4 Å². The lowest BCUT2D eigenvalue weighted by Crippen LogP contribution is -2.18. The first-order chi connectivity index (χ1) is 16.0. The average molecular weight is 494 g/mol. The van der Waals surface area contributed by atoms with Gasteiger partial charge in [0, 0.05) is 18.0 Å². The molecular formula is C20H14F4N6O3S. The van der Waals surface area contributed by atoms with Crippen molar-refractivity contribution in [3.8, 4) is 11.1 Å². The van der Waals surface area contributed by atoms with E-state index in [2.05, 4.69) is 25.5 Å². The molecule has 0 unspecified atom stereocenters. The van der Waals surface area contributed by atoms with E-state index in [0.717, 1.165) is 12.3 Å². The number of nitrogens with one attached hydrogen (secondary N) is 3. The summed E-state index contributed by atoms with van der Waals surface area (Å²) in [5.74, 6) is -6.45. The molecule has 1 aromatic carbocycles. The lowest BCUT2D eigenvalue weighted by Gasteiger charge is -2.13. The Labute approximate surface area is 189 Å². The summed E-state index contributed by atoms with van der Waals surface area (Å²) < 4.78 is 85.6. The fourth-order valence-electron chi connectivity index (χ4n) is 3.27. The summed E-state index contributed by atoms with van der Waals surface area (Å²) in [4.78, 5) is 18.3. The zero-order chi connectivity index (χ0) is 24.8. The molecule has 4 aromatic rings. The van der Waals surface area contributed by atoms with Crippen molar-refractivity contribution in [1.29, 1.82) is 0 Å². The molecule has 0 saturated carbocycles. The number of pyridine rings is 2. The lowest BCUT2D eigenvalue weighted by atomic mass is 10.0. The van der Waals surface area contributed by atoms with Crippen molar-refractivity contribution < 1.29 is 30.8 Å². The smallest absolute Gasteiger partial charge is 0.272 e. The molecule has 3 heterocycles. The van der Waals surface area contributed by atoms with Gasteiger partial charge in [-0.1, -0.05) is 6.07 Å². The van der Waals surface area contributed by atoms with Gasteiger partial charge in [-0.05, 0) is 19.1 Å². The van der Waals surface area contributed by atoms with Crippen molar-refractivity contribution >= 4 is 32.7 Å². The number of amides is 1. The number of benzene rings is 1. The van der Waals surface area contributed by atoms with Crippen molar-refractivity contribution in [3.05, 3.63) is 65.2 Å². The van der Waals surface area contributed by atoms with Crippen LogP contribution in [0.1, 0.15) is 16.2 Å². The SMILES string of the molecule is CNC(=O)c1n[nH]c2c(F)c(-c3c(F)cnc(NS(=O)(=O)c4cc(F)cnc4C)c3F)ccc12. The van der Waals surface area contributed by atoms with Crippen LogP contribution in [0.15, 0.2) is 35.5 Å². The fourth-order valence-corrected chi connectivity index (χ4v) is 4.48. The normalized spacial score (nSPS) is 11.6. The highest BCUT2D eigenvalue weighted by molar-refractivity contribution is 7.92. The number of nitrogens with zero attached hydrogens (tertiary/aromatic N) is 3. The Kier molecular flexibility index (Phi) is 5.69. The largest absolute Gasteiger partial charge is 0.354 e. The number of aromatic amines is 1. The van der Waals surface area contributed by atoms with Crippen LogP contribution in [0.25, 0.3) is 22.0 Å². The summed E-state index contributed by atoms with van der Waals surface area (Å²) in [6.07, 6.45) is 1.30.